The van der Waals surface area contributed by atoms with Gasteiger partial charge in [-0.05, 0) is 48.8 Å². The number of hydrogen-bond donors (Lipinski definition) is 2. The zero-order valence-electron chi connectivity index (χ0n) is 18.2. The maximum atomic E-state index is 8.83. The van der Waals surface area contributed by atoms with Gasteiger partial charge in [0.05, 0.1) is 6.61 Å². The Morgan fingerprint density at radius 1 is 1.11 bits per heavy atom. The van der Waals surface area contributed by atoms with Gasteiger partial charge in [-0.1, -0.05) is 65.2 Å². The molecule has 2 aromatic carbocycles. The summed E-state index contributed by atoms with van der Waals surface area (Å²) in [4.78, 5) is 0. The van der Waals surface area contributed by atoms with E-state index in [1.54, 1.807) is 0 Å². The summed E-state index contributed by atoms with van der Waals surface area (Å²) in [6, 6.07) is 14.8. The molecular formula is C24H38NO2P. The lowest BCUT2D eigenvalue weighted by molar-refractivity contribution is 0.281. The minimum Gasteiger partial charge on any atom is -0.489 e. The van der Waals surface area contributed by atoms with Gasteiger partial charge in [0.15, 0.2) is 0 Å². The number of benzene rings is 2. The Kier molecular flexibility index (Phi) is 15.3. The zero-order valence-corrected chi connectivity index (χ0v) is 19.2. The Morgan fingerprint density at radius 3 is 2.39 bits per heavy atom. The first-order valence-corrected chi connectivity index (χ1v) is 11.5. The number of rotatable bonds is 8. The molecule has 3 nitrogen and oxygen atoms in total. The molecule has 0 saturated carbocycles. The van der Waals surface area contributed by atoms with Crippen LogP contribution in [0.5, 0.6) is 5.75 Å². The van der Waals surface area contributed by atoms with Crippen LogP contribution in [-0.2, 0) is 19.6 Å². The first-order chi connectivity index (χ1) is 13.5. The molecular weight excluding hydrogens is 365 g/mol. The summed E-state index contributed by atoms with van der Waals surface area (Å²) < 4.78 is 5.40. The van der Waals surface area contributed by atoms with Gasteiger partial charge < -0.3 is 15.2 Å². The van der Waals surface area contributed by atoms with Crippen LogP contribution in [0.15, 0.2) is 55.6 Å². The lowest BCUT2D eigenvalue weighted by Gasteiger charge is -2.12. The molecule has 0 radical (unpaired) electrons. The predicted octanol–water partition coefficient (Wildman–Crippen LogP) is 5.68. The van der Waals surface area contributed by atoms with E-state index in [2.05, 4.69) is 71.0 Å². The predicted molar refractivity (Wildman–Crippen MR) is 126 cm³/mol. The van der Waals surface area contributed by atoms with Crippen molar-refractivity contribution in [2.75, 3.05) is 13.0 Å². The first kappa shape index (κ1) is 26.3. The van der Waals surface area contributed by atoms with E-state index in [0.29, 0.717) is 6.04 Å². The van der Waals surface area contributed by atoms with E-state index in [-0.39, 0.29) is 6.61 Å². The normalized spacial score (nSPS) is 10.2. The molecule has 0 aromatic heterocycles. The van der Waals surface area contributed by atoms with Crippen LogP contribution < -0.4 is 10.1 Å². The van der Waals surface area contributed by atoms with Crippen molar-refractivity contribution in [3.63, 3.8) is 0 Å². The fourth-order valence-corrected chi connectivity index (χ4v) is 2.77. The zero-order chi connectivity index (χ0) is 21.4. The second-order valence-corrected chi connectivity index (χ2v) is 7.60. The molecule has 2 aromatic rings. The molecule has 2 N–H and O–H groups in total. The third kappa shape index (κ3) is 11.2. The standard InChI is InChI=1S/C13H21N.C9H13O2P.C2H4/c1-5-12-8-11(4)6-7-13(12)9-14-10(2)3;1-12-7-11-9-4-2-3-8(5-9)6-10;1-2/h6-8,10,14H,5,9H2,1-4H3;2-5,10,12H,6-7H2,1H3;1-2H2. The van der Waals surface area contributed by atoms with Gasteiger partial charge in [-0.25, -0.2) is 0 Å². The van der Waals surface area contributed by atoms with Crippen LogP contribution in [0.3, 0.4) is 0 Å². The molecule has 0 aliphatic rings. The average Bonchev–Trinajstić information content (AvgIpc) is 2.73. The lowest BCUT2D eigenvalue weighted by atomic mass is 10.0. The van der Waals surface area contributed by atoms with E-state index < -0.39 is 0 Å². The molecule has 2 rings (SSSR count). The SMILES string of the molecule is C=C.CCc1cc(C)ccc1CNC(C)C.CPCOc1cccc(CO)c1. The van der Waals surface area contributed by atoms with Crippen molar-refractivity contribution in [1.82, 2.24) is 5.32 Å². The van der Waals surface area contributed by atoms with Gasteiger partial charge >= 0.3 is 0 Å². The van der Waals surface area contributed by atoms with E-state index in [1.807, 2.05) is 24.3 Å². The third-order valence-electron chi connectivity index (χ3n) is 3.91. The van der Waals surface area contributed by atoms with Crippen molar-refractivity contribution in [3.8, 4) is 5.75 Å². The molecule has 0 bridgehead atoms. The summed E-state index contributed by atoms with van der Waals surface area (Å²) >= 11 is 0. The van der Waals surface area contributed by atoms with Crippen molar-refractivity contribution in [3.05, 3.63) is 77.9 Å². The molecule has 156 valence electrons. The second kappa shape index (κ2) is 16.3. The smallest absolute Gasteiger partial charge is 0.120 e. The summed E-state index contributed by atoms with van der Waals surface area (Å²) in [6.07, 6.45) is 1.88. The lowest BCUT2D eigenvalue weighted by Crippen LogP contribution is -2.22. The number of aryl methyl sites for hydroxylation is 2. The highest BCUT2D eigenvalue weighted by molar-refractivity contribution is 7.36. The molecule has 0 spiro atoms. The highest BCUT2D eigenvalue weighted by Crippen LogP contribution is 2.15. The van der Waals surface area contributed by atoms with Crippen LogP contribution >= 0.6 is 8.58 Å². The van der Waals surface area contributed by atoms with E-state index >= 15 is 0 Å². The molecule has 0 fully saturated rings. The van der Waals surface area contributed by atoms with Crippen LogP contribution in [0.4, 0.5) is 0 Å². The summed E-state index contributed by atoms with van der Waals surface area (Å²) in [5.41, 5.74) is 5.16. The van der Waals surface area contributed by atoms with Gasteiger partial charge in [-0.2, -0.15) is 0 Å². The van der Waals surface area contributed by atoms with Gasteiger partial charge in [-0.3, -0.25) is 0 Å². The van der Waals surface area contributed by atoms with Crippen LogP contribution in [0.25, 0.3) is 0 Å². The van der Waals surface area contributed by atoms with Crippen LogP contribution in [0, 0.1) is 6.92 Å². The molecule has 0 aliphatic heterocycles. The molecule has 0 saturated heterocycles. The van der Waals surface area contributed by atoms with Crippen molar-refractivity contribution >= 4 is 8.58 Å². The van der Waals surface area contributed by atoms with Gasteiger partial charge in [0.2, 0.25) is 0 Å². The minimum absolute atomic E-state index is 0.0750. The van der Waals surface area contributed by atoms with Crippen molar-refractivity contribution in [2.45, 2.75) is 53.3 Å². The number of aliphatic hydroxyl groups excluding tert-OH is 1. The Bertz CT molecular complexity index is 659. The maximum Gasteiger partial charge on any atom is 0.120 e. The van der Waals surface area contributed by atoms with Crippen LogP contribution in [-0.4, -0.2) is 24.2 Å². The van der Waals surface area contributed by atoms with Gasteiger partial charge in [0.1, 0.15) is 12.1 Å². The molecule has 4 heteroatoms. The molecule has 28 heavy (non-hydrogen) atoms. The number of ether oxygens (including phenoxy) is 1. The van der Waals surface area contributed by atoms with E-state index in [1.165, 1.54) is 16.7 Å². The highest BCUT2D eigenvalue weighted by atomic mass is 31.1. The molecule has 0 aliphatic carbocycles. The topological polar surface area (TPSA) is 41.5 Å². The fraction of sp³-hybridized carbons (Fsp3) is 0.417. The van der Waals surface area contributed by atoms with E-state index in [4.69, 9.17) is 9.84 Å². The summed E-state index contributed by atoms with van der Waals surface area (Å²) in [5.74, 6) is 0.843. The fourth-order valence-electron chi connectivity index (χ4n) is 2.46. The summed E-state index contributed by atoms with van der Waals surface area (Å²) in [7, 11) is 0.796. The molecule has 0 heterocycles. The number of nitrogens with one attached hydrogen (secondary N) is 1. The molecule has 1 atom stereocenters. The largest absolute Gasteiger partial charge is 0.489 e. The first-order valence-electron chi connectivity index (χ1n) is 9.79. The van der Waals surface area contributed by atoms with E-state index in [0.717, 1.165) is 39.2 Å². The van der Waals surface area contributed by atoms with Gasteiger partial charge in [0.25, 0.3) is 0 Å². The molecule has 1 unspecified atom stereocenters. The van der Waals surface area contributed by atoms with Gasteiger partial charge in [0, 0.05) is 12.6 Å². The van der Waals surface area contributed by atoms with Crippen molar-refractivity contribution in [1.29, 1.82) is 0 Å². The second-order valence-electron chi connectivity index (χ2n) is 6.61. The van der Waals surface area contributed by atoms with Crippen molar-refractivity contribution in [2.24, 2.45) is 0 Å². The quantitative estimate of drug-likeness (QED) is 0.440. The summed E-state index contributed by atoms with van der Waals surface area (Å²) in [6.45, 7) is 17.9. The monoisotopic (exact) mass is 403 g/mol. The number of hydrogen-bond acceptors (Lipinski definition) is 3. The Morgan fingerprint density at radius 2 is 1.82 bits per heavy atom. The van der Waals surface area contributed by atoms with Crippen LogP contribution in [0.2, 0.25) is 0 Å². The highest BCUT2D eigenvalue weighted by Gasteiger charge is 2.01. The third-order valence-corrected chi connectivity index (χ3v) is 4.34. The summed E-state index contributed by atoms with van der Waals surface area (Å²) in [5, 5.41) is 12.3. The molecule has 0 amide bonds. The minimum atomic E-state index is 0.0750. The number of aliphatic hydroxyl groups is 1. The van der Waals surface area contributed by atoms with Gasteiger partial charge in [-0.15, -0.1) is 13.2 Å². The van der Waals surface area contributed by atoms with Crippen LogP contribution in [0.1, 0.15) is 43.0 Å². The Balaban J connectivity index is 0.000000483. The average molecular weight is 404 g/mol. The van der Waals surface area contributed by atoms with Crippen molar-refractivity contribution < 1.29 is 9.84 Å². The maximum absolute atomic E-state index is 8.83. The van der Waals surface area contributed by atoms with E-state index in [9.17, 15) is 0 Å². The Hall–Kier alpha value is -1.67. The Labute approximate surface area is 174 Å².